The maximum Gasteiger partial charge on any atom is 0.310 e. The van der Waals surface area contributed by atoms with Crippen LogP contribution in [0.4, 0.5) is 9.52 Å². The number of carbonyl (C=O) groups excluding carboxylic acids is 2. The van der Waals surface area contributed by atoms with Crippen molar-refractivity contribution in [1.29, 1.82) is 0 Å². The Morgan fingerprint density at radius 3 is 2.91 bits per heavy atom. The van der Waals surface area contributed by atoms with Crippen molar-refractivity contribution in [2.24, 2.45) is 0 Å². The van der Waals surface area contributed by atoms with Gasteiger partial charge in [-0.1, -0.05) is 17.7 Å². The smallest absolute Gasteiger partial charge is 0.310 e. The van der Waals surface area contributed by atoms with E-state index in [0.29, 0.717) is 10.8 Å². The maximum atomic E-state index is 13.6. The monoisotopic (exact) mass is 342 g/mol. The number of anilines is 1. The number of nitrogens with zero attached hydrogens (tertiary/aromatic N) is 1. The van der Waals surface area contributed by atoms with E-state index in [1.165, 1.54) is 36.5 Å². The predicted molar refractivity (Wildman–Crippen MR) is 81.3 cm³/mol. The second kappa shape index (κ2) is 7.33. The molecule has 0 saturated carbocycles. The molecule has 0 unspecified atom stereocenters. The molecule has 0 radical (unpaired) electrons. The number of hydrogen-bond donors (Lipinski definition) is 1. The van der Waals surface area contributed by atoms with Crippen molar-refractivity contribution >= 4 is 39.9 Å². The molecule has 0 fully saturated rings. The molecule has 1 amide bonds. The molecule has 8 heteroatoms. The third-order valence-corrected chi connectivity index (χ3v) is 3.76. The average Bonchev–Trinajstić information content (AvgIpc) is 2.87. The Hall–Kier alpha value is -1.99. The van der Waals surface area contributed by atoms with Crippen molar-refractivity contribution in [1.82, 2.24) is 4.98 Å². The Bertz CT molecular complexity index is 685. The molecule has 1 N–H and O–H groups in total. The number of carbonyl (C=O) groups is 2. The van der Waals surface area contributed by atoms with Gasteiger partial charge in [0.1, 0.15) is 12.4 Å². The number of aromatic nitrogens is 1. The van der Waals surface area contributed by atoms with Crippen molar-refractivity contribution in [3.05, 3.63) is 45.7 Å². The van der Waals surface area contributed by atoms with Gasteiger partial charge in [0.05, 0.1) is 12.1 Å². The molecule has 0 bridgehead atoms. The molecule has 0 aliphatic heterocycles. The van der Waals surface area contributed by atoms with Gasteiger partial charge in [0.2, 0.25) is 5.91 Å². The maximum absolute atomic E-state index is 13.6. The van der Waals surface area contributed by atoms with E-state index >= 15 is 0 Å². The fraction of sp³-hybridized carbons (Fsp3) is 0.214. The molecule has 0 aliphatic carbocycles. The minimum atomic E-state index is -0.610. The van der Waals surface area contributed by atoms with Crippen LogP contribution in [-0.2, 0) is 27.4 Å². The van der Waals surface area contributed by atoms with Gasteiger partial charge in [0, 0.05) is 22.9 Å². The number of thiazole rings is 1. The first-order valence-corrected chi connectivity index (χ1v) is 7.52. The Kier molecular flexibility index (Phi) is 5.46. The number of halogens is 2. The van der Waals surface area contributed by atoms with Crippen LogP contribution < -0.4 is 5.32 Å². The van der Waals surface area contributed by atoms with Gasteiger partial charge in [-0.25, -0.2) is 9.37 Å². The second-order valence-corrected chi connectivity index (χ2v) is 5.63. The van der Waals surface area contributed by atoms with Crippen molar-refractivity contribution in [3.63, 3.8) is 0 Å². The number of esters is 1. The highest BCUT2D eigenvalue weighted by Crippen LogP contribution is 2.20. The summed E-state index contributed by atoms with van der Waals surface area (Å²) in [5.41, 5.74) is 0.605. The zero-order chi connectivity index (χ0) is 16.1. The van der Waals surface area contributed by atoms with Gasteiger partial charge in [-0.3, -0.25) is 9.59 Å². The van der Waals surface area contributed by atoms with Gasteiger partial charge in [0.15, 0.2) is 5.13 Å². The quantitative estimate of drug-likeness (QED) is 0.847. The first-order valence-electron chi connectivity index (χ1n) is 6.26. The molecular formula is C14H12ClFN2O3S. The number of amides is 1. The fourth-order valence-electron chi connectivity index (χ4n) is 1.63. The molecule has 0 saturated heterocycles. The highest BCUT2D eigenvalue weighted by Gasteiger charge is 2.13. The molecule has 2 rings (SSSR count). The Balaban J connectivity index is 1.90. The number of hydrogen-bond acceptors (Lipinski definition) is 5. The van der Waals surface area contributed by atoms with Crippen LogP contribution in [0, 0.1) is 5.82 Å². The van der Waals surface area contributed by atoms with E-state index in [2.05, 4.69) is 10.3 Å². The van der Waals surface area contributed by atoms with Crippen LogP contribution in [0.15, 0.2) is 23.6 Å². The average molecular weight is 343 g/mol. The summed E-state index contributed by atoms with van der Waals surface area (Å²) >= 11 is 7.07. The minimum absolute atomic E-state index is 0.0546. The van der Waals surface area contributed by atoms with Crippen molar-refractivity contribution < 1.29 is 18.7 Å². The van der Waals surface area contributed by atoms with Gasteiger partial charge in [0.25, 0.3) is 0 Å². The summed E-state index contributed by atoms with van der Waals surface area (Å²) in [5, 5.41) is 4.80. The van der Waals surface area contributed by atoms with Crippen LogP contribution in [0.5, 0.6) is 0 Å². The van der Waals surface area contributed by atoms with Crippen LogP contribution >= 0.6 is 22.9 Å². The number of ether oxygens (including phenoxy) is 1. The van der Waals surface area contributed by atoms with E-state index < -0.39 is 11.8 Å². The molecule has 116 valence electrons. The van der Waals surface area contributed by atoms with Crippen LogP contribution in [-0.4, -0.2) is 16.9 Å². The molecule has 1 aromatic carbocycles. The van der Waals surface area contributed by atoms with E-state index in [4.69, 9.17) is 16.3 Å². The van der Waals surface area contributed by atoms with E-state index in [-0.39, 0.29) is 29.5 Å². The van der Waals surface area contributed by atoms with E-state index in [1.54, 1.807) is 5.38 Å². The van der Waals surface area contributed by atoms with Gasteiger partial charge >= 0.3 is 5.97 Å². The third-order valence-electron chi connectivity index (χ3n) is 2.60. The zero-order valence-electron chi connectivity index (χ0n) is 11.6. The largest absolute Gasteiger partial charge is 0.459 e. The Morgan fingerprint density at radius 2 is 2.23 bits per heavy atom. The lowest BCUT2D eigenvalue weighted by Gasteiger charge is -2.06. The molecule has 1 aromatic heterocycles. The van der Waals surface area contributed by atoms with Crippen LogP contribution in [0.25, 0.3) is 0 Å². The predicted octanol–water partition coefficient (Wildman–Crippen LogP) is 3.18. The molecule has 5 nitrogen and oxygen atoms in total. The van der Waals surface area contributed by atoms with Gasteiger partial charge in [-0.05, 0) is 12.1 Å². The molecule has 2 aromatic rings. The van der Waals surface area contributed by atoms with Gasteiger partial charge in [-0.2, -0.15) is 0 Å². The molecule has 0 spiro atoms. The van der Waals surface area contributed by atoms with Crippen molar-refractivity contribution in [2.75, 3.05) is 5.32 Å². The molecule has 0 atom stereocenters. The topological polar surface area (TPSA) is 68.3 Å². The summed E-state index contributed by atoms with van der Waals surface area (Å²) in [7, 11) is 0. The lowest BCUT2D eigenvalue weighted by atomic mass is 10.1. The van der Waals surface area contributed by atoms with Crippen molar-refractivity contribution in [2.45, 2.75) is 20.0 Å². The standard InChI is InChI=1S/C14H12ClFN2O3S/c1-8(19)17-14-18-9(7-22-14)6-21-13(20)5-10-11(15)3-2-4-12(10)16/h2-4,7H,5-6H2,1H3,(H,17,18,19). The lowest BCUT2D eigenvalue weighted by molar-refractivity contribution is -0.144. The Morgan fingerprint density at radius 1 is 1.45 bits per heavy atom. The summed E-state index contributed by atoms with van der Waals surface area (Å²) in [6.45, 7) is 1.32. The number of benzene rings is 1. The van der Waals surface area contributed by atoms with E-state index in [1.807, 2.05) is 0 Å². The summed E-state index contributed by atoms with van der Waals surface area (Å²) in [6, 6.07) is 4.20. The number of nitrogens with one attached hydrogen (secondary N) is 1. The Labute approximate surface area is 135 Å². The number of rotatable bonds is 5. The molecule has 0 aliphatic rings. The second-order valence-electron chi connectivity index (χ2n) is 4.36. The third kappa shape index (κ3) is 4.51. The minimum Gasteiger partial charge on any atom is -0.459 e. The lowest BCUT2D eigenvalue weighted by Crippen LogP contribution is -2.10. The first kappa shape index (κ1) is 16.4. The normalized spacial score (nSPS) is 10.3. The van der Waals surface area contributed by atoms with Crippen LogP contribution in [0.3, 0.4) is 0 Å². The fourth-order valence-corrected chi connectivity index (χ4v) is 2.60. The SMILES string of the molecule is CC(=O)Nc1nc(COC(=O)Cc2c(F)cccc2Cl)cs1. The molecule has 1 heterocycles. The van der Waals surface area contributed by atoms with Gasteiger partial charge in [-0.15, -0.1) is 11.3 Å². The first-order chi connectivity index (χ1) is 10.5. The summed E-state index contributed by atoms with van der Waals surface area (Å²) in [4.78, 5) is 26.7. The van der Waals surface area contributed by atoms with Crippen molar-refractivity contribution in [3.8, 4) is 0 Å². The van der Waals surface area contributed by atoms with Gasteiger partial charge < -0.3 is 10.1 Å². The van der Waals surface area contributed by atoms with E-state index in [0.717, 1.165) is 0 Å². The summed E-state index contributed by atoms with van der Waals surface area (Å²) in [5.74, 6) is -1.39. The molecule has 22 heavy (non-hydrogen) atoms. The summed E-state index contributed by atoms with van der Waals surface area (Å²) in [6.07, 6.45) is -0.256. The highest BCUT2D eigenvalue weighted by molar-refractivity contribution is 7.13. The van der Waals surface area contributed by atoms with E-state index in [9.17, 15) is 14.0 Å². The molecular weight excluding hydrogens is 331 g/mol. The van der Waals surface area contributed by atoms with Crippen LogP contribution in [0.1, 0.15) is 18.2 Å². The zero-order valence-corrected chi connectivity index (χ0v) is 13.1. The van der Waals surface area contributed by atoms with Crippen LogP contribution in [0.2, 0.25) is 5.02 Å². The summed E-state index contributed by atoms with van der Waals surface area (Å²) < 4.78 is 18.6. The highest BCUT2D eigenvalue weighted by atomic mass is 35.5.